The fourth-order valence-electron chi connectivity index (χ4n) is 2.41. The second kappa shape index (κ2) is 4.94. The van der Waals surface area contributed by atoms with Gasteiger partial charge in [0.15, 0.2) is 11.5 Å². The molecule has 1 aliphatic heterocycles. The number of carbonyl (C=O) groups is 2. The Balaban J connectivity index is 1.76. The first kappa shape index (κ1) is 13.2. The van der Waals surface area contributed by atoms with Gasteiger partial charge in [0.05, 0.1) is 11.1 Å². The van der Waals surface area contributed by atoms with Gasteiger partial charge >= 0.3 is 0 Å². The molecule has 0 aromatic heterocycles. The van der Waals surface area contributed by atoms with Gasteiger partial charge in [0.2, 0.25) is 0 Å². The van der Waals surface area contributed by atoms with Gasteiger partial charge in [-0.2, -0.15) is 0 Å². The summed E-state index contributed by atoms with van der Waals surface area (Å²) in [5.41, 5.74) is 1.59. The predicted molar refractivity (Wildman–Crippen MR) is 75.3 cm³/mol. The van der Waals surface area contributed by atoms with Crippen molar-refractivity contribution in [3.8, 4) is 11.5 Å². The van der Waals surface area contributed by atoms with Gasteiger partial charge in [-0.1, -0.05) is 18.2 Å². The molecule has 3 rings (SSSR count). The largest absolute Gasteiger partial charge is 0.504 e. The Morgan fingerprint density at radius 1 is 0.857 bits per heavy atom. The van der Waals surface area contributed by atoms with Crippen molar-refractivity contribution in [3.63, 3.8) is 0 Å². The quantitative estimate of drug-likeness (QED) is 0.666. The first-order valence-electron chi connectivity index (χ1n) is 6.54. The van der Waals surface area contributed by atoms with Crippen molar-refractivity contribution in [2.24, 2.45) is 0 Å². The molecule has 1 aliphatic rings. The van der Waals surface area contributed by atoms with Crippen LogP contribution in [0, 0.1) is 0 Å². The number of rotatable bonds is 3. The average molecular weight is 283 g/mol. The number of amides is 2. The monoisotopic (exact) mass is 283 g/mol. The van der Waals surface area contributed by atoms with Gasteiger partial charge in [0.25, 0.3) is 11.8 Å². The average Bonchev–Trinajstić information content (AvgIpc) is 2.73. The smallest absolute Gasteiger partial charge is 0.261 e. The summed E-state index contributed by atoms with van der Waals surface area (Å²) in [5, 5.41) is 18.7. The van der Waals surface area contributed by atoms with E-state index in [0.717, 1.165) is 5.56 Å². The normalized spacial score (nSPS) is 13.6. The van der Waals surface area contributed by atoms with Crippen molar-refractivity contribution in [1.29, 1.82) is 0 Å². The van der Waals surface area contributed by atoms with Crippen LogP contribution in [0.5, 0.6) is 11.5 Å². The molecule has 2 aromatic carbocycles. The third kappa shape index (κ3) is 2.23. The van der Waals surface area contributed by atoms with E-state index in [2.05, 4.69) is 0 Å². The van der Waals surface area contributed by atoms with Crippen molar-refractivity contribution in [1.82, 2.24) is 4.90 Å². The minimum absolute atomic E-state index is 0.195. The number of carbonyl (C=O) groups excluding carboxylic acids is 2. The summed E-state index contributed by atoms with van der Waals surface area (Å²) in [6.07, 6.45) is 0.416. The highest BCUT2D eigenvalue weighted by Crippen LogP contribution is 2.26. The van der Waals surface area contributed by atoms with Crippen molar-refractivity contribution >= 4 is 11.8 Å². The maximum absolute atomic E-state index is 12.2. The van der Waals surface area contributed by atoms with Crippen LogP contribution >= 0.6 is 0 Å². The second-order valence-corrected chi connectivity index (χ2v) is 4.88. The van der Waals surface area contributed by atoms with Gasteiger partial charge < -0.3 is 10.2 Å². The Hall–Kier alpha value is -2.82. The number of phenolic OH excluding ortho intramolecular Hbond substituents is 2. The molecule has 5 nitrogen and oxygen atoms in total. The number of aromatic hydroxyl groups is 2. The molecule has 0 saturated carbocycles. The molecule has 106 valence electrons. The molecule has 21 heavy (non-hydrogen) atoms. The van der Waals surface area contributed by atoms with Crippen LogP contribution < -0.4 is 0 Å². The molecule has 0 radical (unpaired) electrons. The zero-order chi connectivity index (χ0) is 15.0. The fourth-order valence-corrected chi connectivity index (χ4v) is 2.41. The number of phenols is 2. The number of imide groups is 1. The van der Waals surface area contributed by atoms with Gasteiger partial charge in [-0.3, -0.25) is 14.5 Å². The number of hydrogen-bond donors (Lipinski definition) is 2. The molecular formula is C16H13NO4. The van der Waals surface area contributed by atoms with Gasteiger partial charge in [-0.25, -0.2) is 0 Å². The van der Waals surface area contributed by atoms with Crippen molar-refractivity contribution in [3.05, 3.63) is 59.2 Å². The van der Waals surface area contributed by atoms with E-state index in [1.165, 1.54) is 17.0 Å². The van der Waals surface area contributed by atoms with E-state index in [0.29, 0.717) is 17.5 Å². The zero-order valence-electron chi connectivity index (χ0n) is 11.1. The Morgan fingerprint density at radius 2 is 1.48 bits per heavy atom. The number of hydrogen-bond acceptors (Lipinski definition) is 4. The molecule has 0 spiro atoms. The van der Waals surface area contributed by atoms with Gasteiger partial charge in [-0.15, -0.1) is 0 Å². The van der Waals surface area contributed by atoms with Crippen LogP contribution in [0.15, 0.2) is 42.5 Å². The van der Waals surface area contributed by atoms with Crippen molar-refractivity contribution in [2.45, 2.75) is 6.42 Å². The van der Waals surface area contributed by atoms with E-state index in [4.69, 9.17) is 0 Å². The van der Waals surface area contributed by atoms with Crippen LogP contribution in [-0.2, 0) is 6.42 Å². The van der Waals surface area contributed by atoms with Crippen LogP contribution in [0.2, 0.25) is 0 Å². The molecule has 2 N–H and O–H groups in total. The molecule has 0 saturated heterocycles. The minimum atomic E-state index is -0.293. The minimum Gasteiger partial charge on any atom is -0.504 e. The van der Waals surface area contributed by atoms with Crippen molar-refractivity contribution < 1.29 is 19.8 Å². The SMILES string of the molecule is O=C1c2ccccc2C(=O)N1CCc1ccc(O)c(O)c1. The highest BCUT2D eigenvalue weighted by Gasteiger charge is 2.34. The Labute approximate surface area is 121 Å². The Kier molecular flexibility index (Phi) is 3.10. The van der Waals surface area contributed by atoms with E-state index in [1.54, 1.807) is 30.3 Å². The van der Waals surface area contributed by atoms with Crippen LogP contribution in [-0.4, -0.2) is 33.5 Å². The molecule has 2 aromatic rings. The third-order valence-electron chi connectivity index (χ3n) is 3.54. The molecule has 5 heteroatoms. The van der Waals surface area contributed by atoms with E-state index in [9.17, 15) is 19.8 Å². The molecule has 0 aliphatic carbocycles. The maximum Gasteiger partial charge on any atom is 0.261 e. The van der Waals surface area contributed by atoms with E-state index in [1.807, 2.05) is 0 Å². The zero-order valence-corrected chi connectivity index (χ0v) is 11.1. The van der Waals surface area contributed by atoms with Gasteiger partial charge in [-0.05, 0) is 36.2 Å². The summed E-state index contributed by atoms with van der Waals surface area (Å²) in [4.78, 5) is 25.5. The molecule has 1 heterocycles. The lowest BCUT2D eigenvalue weighted by molar-refractivity contribution is 0.0656. The van der Waals surface area contributed by atoms with Crippen molar-refractivity contribution in [2.75, 3.05) is 6.54 Å². The lowest BCUT2D eigenvalue weighted by atomic mass is 10.1. The van der Waals surface area contributed by atoms with Crippen LogP contribution in [0.3, 0.4) is 0 Å². The highest BCUT2D eigenvalue weighted by molar-refractivity contribution is 6.21. The molecule has 0 bridgehead atoms. The van der Waals surface area contributed by atoms with E-state index < -0.39 is 0 Å². The summed E-state index contributed by atoms with van der Waals surface area (Å²) in [7, 11) is 0. The first-order chi connectivity index (χ1) is 10.1. The fraction of sp³-hybridized carbons (Fsp3) is 0.125. The Bertz CT molecular complexity index is 704. The van der Waals surface area contributed by atoms with Gasteiger partial charge in [0, 0.05) is 6.54 Å². The molecule has 0 atom stereocenters. The number of benzene rings is 2. The first-order valence-corrected chi connectivity index (χ1v) is 6.54. The lowest BCUT2D eigenvalue weighted by Crippen LogP contribution is -2.31. The summed E-state index contributed by atoms with van der Waals surface area (Å²) in [6.45, 7) is 0.233. The summed E-state index contributed by atoms with van der Waals surface area (Å²) in [5.74, 6) is -0.994. The standard InChI is InChI=1S/C16H13NO4/c18-13-6-5-10(9-14(13)19)7-8-17-15(20)11-3-1-2-4-12(11)16(17)21/h1-6,9,18-19H,7-8H2. The highest BCUT2D eigenvalue weighted by atomic mass is 16.3. The second-order valence-electron chi connectivity index (χ2n) is 4.88. The summed E-state index contributed by atoms with van der Waals surface area (Å²) in [6, 6.07) is 11.2. The van der Waals surface area contributed by atoms with Crippen LogP contribution in [0.1, 0.15) is 26.3 Å². The predicted octanol–water partition coefficient (Wildman–Crippen LogP) is 1.94. The summed E-state index contributed by atoms with van der Waals surface area (Å²) >= 11 is 0. The maximum atomic E-state index is 12.2. The number of nitrogens with zero attached hydrogens (tertiary/aromatic N) is 1. The molecule has 2 amide bonds. The van der Waals surface area contributed by atoms with Gasteiger partial charge in [0.1, 0.15) is 0 Å². The van der Waals surface area contributed by atoms with E-state index >= 15 is 0 Å². The molecular weight excluding hydrogens is 270 g/mol. The Morgan fingerprint density at radius 3 is 2.05 bits per heavy atom. The third-order valence-corrected chi connectivity index (χ3v) is 3.54. The topological polar surface area (TPSA) is 77.8 Å². The summed E-state index contributed by atoms with van der Waals surface area (Å²) < 4.78 is 0. The molecule has 0 fully saturated rings. The lowest BCUT2D eigenvalue weighted by Gasteiger charge is -2.13. The van der Waals surface area contributed by atoms with E-state index in [-0.39, 0.29) is 29.9 Å². The number of fused-ring (bicyclic) bond motifs is 1. The molecule has 0 unspecified atom stereocenters. The van der Waals surface area contributed by atoms with Crippen LogP contribution in [0.4, 0.5) is 0 Å². The van der Waals surface area contributed by atoms with Crippen LogP contribution in [0.25, 0.3) is 0 Å².